The maximum Gasteiger partial charge on any atom is 0.345 e. The van der Waals surface area contributed by atoms with Gasteiger partial charge in [-0.3, -0.25) is 15.4 Å². The van der Waals surface area contributed by atoms with Crippen LogP contribution < -0.4 is 15.6 Å². The maximum atomic E-state index is 14.4. The number of benzene rings is 1. The standard InChI is InChI=1S/C15H12FN3O3S/c1-2-19-5-9(14(21)22)13(20)8-3-10(16)7(4-12(8)19)11-6-23-15(17)18-11/h3-6H,2H2,1H3,(H2,17,18)(H,21,22)/p+2. The van der Waals surface area contributed by atoms with E-state index in [2.05, 4.69) is 4.98 Å². The summed E-state index contributed by atoms with van der Waals surface area (Å²) in [4.78, 5) is 27.0. The molecule has 1 unspecified atom stereocenters. The molecule has 0 bridgehead atoms. The van der Waals surface area contributed by atoms with Crippen LogP contribution in [-0.2, 0) is 4.79 Å². The number of aliphatic carboxylic acids is 1. The summed E-state index contributed by atoms with van der Waals surface area (Å²) in [5.41, 5.74) is 6.74. The number of carboxylic acid groups (broad SMARTS) is 1. The van der Waals surface area contributed by atoms with Gasteiger partial charge in [-0.15, -0.1) is 0 Å². The van der Waals surface area contributed by atoms with E-state index in [0.717, 1.165) is 6.07 Å². The summed E-state index contributed by atoms with van der Waals surface area (Å²) in [5, 5.41) is 11.3. The van der Waals surface area contributed by atoms with Crippen LogP contribution in [0.25, 0.3) is 11.3 Å². The summed E-state index contributed by atoms with van der Waals surface area (Å²) in [6.07, 6.45) is 1.36. The van der Waals surface area contributed by atoms with Gasteiger partial charge in [0.1, 0.15) is 23.4 Å². The second-order valence-electron chi connectivity index (χ2n) is 5.09. The summed E-state index contributed by atoms with van der Waals surface area (Å²) in [5.74, 6) is -2.59. The van der Waals surface area contributed by atoms with Crippen molar-refractivity contribution in [3.05, 3.63) is 40.7 Å². The molecule has 8 heteroatoms. The van der Waals surface area contributed by atoms with Gasteiger partial charge in [-0.1, -0.05) is 11.3 Å². The van der Waals surface area contributed by atoms with Crippen LogP contribution in [0.15, 0.2) is 29.3 Å². The number of carbonyl (C=O) groups excluding carboxylic acids is 1. The Kier molecular flexibility index (Phi) is 3.70. The Morgan fingerprint density at radius 2 is 2.17 bits per heavy atom. The van der Waals surface area contributed by atoms with Crippen LogP contribution in [0.2, 0.25) is 0 Å². The second-order valence-corrected chi connectivity index (χ2v) is 6.00. The quantitative estimate of drug-likeness (QED) is 0.717. The van der Waals surface area contributed by atoms with Crippen molar-refractivity contribution in [2.45, 2.75) is 6.92 Å². The number of anilines is 1. The van der Waals surface area contributed by atoms with Gasteiger partial charge in [0.2, 0.25) is 5.78 Å². The van der Waals surface area contributed by atoms with Gasteiger partial charge in [0.25, 0.3) is 0 Å². The van der Waals surface area contributed by atoms with E-state index in [4.69, 9.17) is 10.8 Å². The molecular formula is C15H14FN3O3S+2. The zero-order chi connectivity index (χ0) is 16.7. The number of fused-ring (bicyclic) bond motifs is 1. The smallest absolute Gasteiger partial charge is 0.345 e. The lowest BCUT2D eigenvalue weighted by Gasteiger charge is -2.21. The number of aromatic nitrogens is 1. The molecule has 1 atom stereocenters. The number of hydrogen-bond donors (Lipinski definition) is 3. The molecule has 0 amide bonds. The van der Waals surface area contributed by atoms with Gasteiger partial charge in [0.05, 0.1) is 17.7 Å². The van der Waals surface area contributed by atoms with E-state index < -0.39 is 17.6 Å². The molecule has 3 rings (SSSR count). The molecule has 2 aromatic rings. The van der Waals surface area contributed by atoms with E-state index in [9.17, 15) is 14.0 Å². The van der Waals surface area contributed by atoms with Crippen LogP contribution in [0.4, 0.5) is 15.2 Å². The second kappa shape index (κ2) is 5.56. The molecule has 2 heterocycles. The Morgan fingerprint density at radius 3 is 2.74 bits per heavy atom. The maximum absolute atomic E-state index is 14.4. The van der Waals surface area contributed by atoms with Crippen LogP contribution in [0.3, 0.4) is 0 Å². The van der Waals surface area contributed by atoms with Gasteiger partial charge in [0, 0.05) is 11.4 Å². The third-order valence-electron chi connectivity index (χ3n) is 3.72. The third kappa shape index (κ3) is 2.51. The average Bonchev–Trinajstić information content (AvgIpc) is 2.93. The fraction of sp³-hybridized carbons (Fsp3) is 0.133. The number of rotatable bonds is 3. The molecule has 0 aliphatic carbocycles. The topological polar surface area (TPSA) is 99.0 Å². The number of quaternary nitrogens is 1. The lowest BCUT2D eigenvalue weighted by atomic mass is 9.95. The SMILES string of the molecule is CC[NH+]1C=C(C(=O)O)C(=O)c2cc(F)c(-c3csc(N)[nH+]3)cc21. The normalized spacial score (nSPS) is 16.9. The van der Waals surface area contributed by atoms with E-state index in [1.165, 1.54) is 17.5 Å². The molecular weight excluding hydrogens is 321 g/mol. The van der Waals surface area contributed by atoms with Crippen LogP contribution in [0, 0.1) is 5.82 Å². The predicted octanol–water partition coefficient (Wildman–Crippen LogP) is 0.652. The highest BCUT2D eigenvalue weighted by Crippen LogP contribution is 2.29. The van der Waals surface area contributed by atoms with Crippen molar-refractivity contribution in [1.29, 1.82) is 0 Å². The third-order valence-corrected chi connectivity index (χ3v) is 4.43. The van der Waals surface area contributed by atoms with E-state index in [-0.39, 0.29) is 11.1 Å². The van der Waals surface area contributed by atoms with E-state index >= 15 is 0 Å². The molecule has 118 valence electrons. The molecule has 1 aromatic heterocycles. The van der Waals surface area contributed by atoms with Crippen LogP contribution in [0.1, 0.15) is 17.3 Å². The fourth-order valence-electron chi connectivity index (χ4n) is 2.59. The summed E-state index contributed by atoms with van der Waals surface area (Å²) in [7, 11) is 0. The van der Waals surface area contributed by atoms with Crippen molar-refractivity contribution in [3.63, 3.8) is 0 Å². The van der Waals surface area contributed by atoms with Crippen molar-refractivity contribution >= 4 is 33.9 Å². The number of carbonyl (C=O) groups is 2. The molecule has 0 fully saturated rings. The molecule has 1 aliphatic heterocycles. The first-order valence-electron chi connectivity index (χ1n) is 6.88. The Bertz CT molecular complexity index is 860. The van der Waals surface area contributed by atoms with Gasteiger partial charge >= 0.3 is 11.1 Å². The summed E-state index contributed by atoms with van der Waals surface area (Å²) < 4.78 is 14.4. The number of halogens is 1. The Balaban J connectivity index is 2.19. The number of nitrogens with one attached hydrogen (secondary N) is 2. The van der Waals surface area contributed by atoms with Gasteiger partial charge in [0.15, 0.2) is 5.57 Å². The molecule has 0 saturated carbocycles. The summed E-state index contributed by atoms with van der Waals surface area (Å²) in [6, 6.07) is 2.66. The highest BCUT2D eigenvalue weighted by atomic mass is 32.1. The number of nitrogen functional groups attached to an aromatic ring is 1. The first kappa shape index (κ1) is 15.3. The minimum absolute atomic E-state index is 0.0752. The summed E-state index contributed by atoms with van der Waals surface area (Å²) in [6.45, 7) is 2.38. The molecule has 0 spiro atoms. The number of carboxylic acids is 1. The fourth-order valence-corrected chi connectivity index (χ4v) is 3.19. The van der Waals surface area contributed by atoms with E-state index in [0.29, 0.717) is 33.5 Å². The Morgan fingerprint density at radius 1 is 1.43 bits per heavy atom. The number of H-pyrrole nitrogens is 1. The van der Waals surface area contributed by atoms with Gasteiger partial charge in [-0.25, -0.2) is 14.2 Å². The lowest BCUT2D eigenvalue weighted by molar-refractivity contribution is -0.773. The number of nitrogens with two attached hydrogens (primary N) is 1. The van der Waals surface area contributed by atoms with Gasteiger partial charge in [-0.05, 0) is 13.0 Å². The minimum Gasteiger partial charge on any atom is -0.477 e. The Labute approximate surface area is 134 Å². The number of Topliss-reactive ketones (excluding diaryl/α,β-unsaturated/α-hetero) is 1. The molecule has 0 saturated heterocycles. The molecule has 5 N–H and O–H groups in total. The highest BCUT2D eigenvalue weighted by molar-refractivity contribution is 7.13. The molecule has 0 radical (unpaired) electrons. The first-order valence-corrected chi connectivity index (χ1v) is 7.76. The number of ketones is 1. The van der Waals surface area contributed by atoms with Crippen LogP contribution in [0.5, 0.6) is 0 Å². The zero-order valence-corrected chi connectivity index (χ0v) is 13.0. The van der Waals surface area contributed by atoms with Crippen molar-refractivity contribution in [2.24, 2.45) is 0 Å². The lowest BCUT2D eigenvalue weighted by Crippen LogP contribution is -3.03. The largest absolute Gasteiger partial charge is 0.477 e. The number of hydrogen-bond acceptors (Lipinski definition) is 4. The zero-order valence-electron chi connectivity index (χ0n) is 12.1. The van der Waals surface area contributed by atoms with Crippen molar-refractivity contribution in [2.75, 3.05) is 12.3 Å². The molecule has 1 aromatic carbocycles. The Hall–Kier alpha value is -2.58. The van der Waals surface area contributed by atoms with Crippen molar-refractivity contribution < 1.29 is 29.0 Å². The van der Waals surface area contributed by atoms with Crippen LogP contribution >= 0.6 is 11.3 Å². The summed E-state index contributed by atoms with van der Waals surface area (Å²) >= 11 is 1.25. The molecule has 23 heavy (non-hydrogen) atoms. The average molecular weight is 335 g/mol. The predicted molar refractivity (Wildman–Crippen MR) is 81.9 cm³/mol. The van der Waals surface area contributed by atoms with Crippen molar-refractivity contribution in [1.82, 2.24) is 0 Å². The van der Waals surface area contributed by atoms with Crippen LogP contribution in [-0.4, -0.2) is 23.4 Å². The monoisotopic (exact) mass is 335 g/mol. The minimum atomic E-state index is -1.31. The van der Waals surface area contributed by atoms with Gasteiger partial charge in [-0.2, -0.15) is 0 Å². The van der Waals surface area contributed by atoms with Crippen molar-refractivity contribution in [3.8, 4) is 11.3 Å². The van der Waals surface area contributed by atoms with Gasteiger partial charge < -0.3 is 5.11 Å². The molecule has 1 aliphatic rings. The van der Waals surface area contributed by atoms with E-state index in [1.807, 2.05) is 6.92 Å². The number of thiazole rings is 1. The molecule has 6 nitrogen and oxygen atoms in total. The highest BCUT2D eigenvalue weighted by Gasteiger charge is 2.34. The number of aromatic amines is 1. The van der Waals surface area contributed by atoms with E-state index in [1.54, 1.807) is 11.4 Å². The first-order chi connectivity index (χ1) is 10.9.